The molecule has 0 spiro atoms. The molecule has 0 bridgehead atoms. The van der Waals surface area contributed by atoms with Gasteiger partial charge in [-0.3, -0.25) is 0 Å². The Bertz CT molecular complexity index is 301. The molecule has 1 aromatic rings. The van der Waals surface area contributed by atoms with E-state index in [2.05, 4.69) is 4.74 Å². The third-order valence-corrected chi connectivity index (χ3v) is 1.68. The topological polar surface area (TPSA) is 52.3 Å². The number of rotatable bonds is 3. The summed E-state index contributed by atoms with van der Waals surface area (Å²) in [4.78, 5) is 10.2. The van der Waals surface area contributed by atoms with Gasteiger partial charge in [-0.1, -0.05) is 29.8 Å². The Morgan fingerprint density at radius 1 is 1.46 bits per heavy atom. The zero-order chi connectivity index (χ0) is 9.68. The van der Waals surface area contributed by atoms with Crippen molar-refractivity contribution >= 4 is 17.7 Å². The monoisotopic (exact) mass is 197 g/mol. The number of carbonyl (C=O) groups excluding carboxylic acids is 1. The largest absolute Gasteiger partial charge is 0.442 e. The van der Waals surface area contributed by atoms with Crippen LogP contribution in [0.1, 0.15) is 5.56 Å². The van der Waals surface area contributed by atoms with Crippen LogP contribution in [-0.2, 0) is 4.74 Å². The summed E-state index contributed by atoms with van der Waals surface area (Å²) < 4.78 is 4.40. The van der Waals surface area contributed by atoms with Crippen LogP contribution in [-0.4, -0.2) is 6.09 Å². The number of nitrogens with two attached hydrogens (primary N) is 1. The Labute approximate surface area is 81.4 Å². The second-order valence-electron chi connectivity index (χ2n) is 2.26. The van der Waals surface area contributed by atoms with Crippen LogP contribution in [0.5, 0.6) is 0 Å². The van der Waals surface area contributed by atoms with E-state index >= 15 is 0 Å². The summed E-state index contributed by atoms with van der Waals surface area (Å²) in [5.41, 5.74) is 5.52. The fourth-order valence-electron chi connectivity index (χ4n) is 0.785. The van der Waals surface area contributed by atoms with Crippen LogP contribution in [0.2, 0.25) is 5.02 Å². The zero-order valence-corrected chi connectivity index (χ0v) is 7.49. The maximum absolute atomic E-state index is 10.2. The van der Waals surface area contributed by atoms with Crippen molar-refractivity contribution in [2.45, 2.75) is 0 Å². The van der Waals surface area contributed by atoms with Gasteiger partial charge in [0.2, 0.25) is 0 Å². The summed E-state index contributed by atoms with van der Waals surface area (Å²) in [6, 6.07) is 7.18. The highest BCUT2D eigenvalue weighted by Crippen LogP contribution is 2.17. The van der Waals surface area contributed by atoms with Crippen LogP contribution >= 0.6 is 11.6 Å². The Morgan fingerprint density at radius 2 is 2.15 bits per heavy atom. The van der Waals surface area contributed by atoms with Crippen molar-refractivity contribution in [2.24, 2.45) is 5.73 Å². The molecule has 1 rings (SSSR count). The van der Waals surface area contributed by atoms with E-state index in [9.17, 15) is 4.79 Å². The Hall–Kier alpha value is -1.22. The van der Waals surface area contributed by atoms with Gasteiger partial charge < -0.3 is 10.5 Å². The van der Waals surface area contributed by atoms with Crippen molar-refractivity contribution in [1.82, 2.24) is 0 Å². The number of benzene rings is 1. The summed E-state index contributed by atoms with van der Waals surface area (Å²) in [6.45, 7) is 1.20. The van der Waals surface area contributed by atoms with Gasteiger partial charge in [0.1, 0.15) is 6.61 Å². The van der Waals surface area contributed by atoms with E-state index in [1.54, 1.807) is 18.6 Å². The molecule has 0 heterocycles. The predicted octanol–water partition coefficient (Wildman–Crippen LogP) is 2.15. The fraction of sp³-hybridized carbons (Fsp3) is 0. The maximum Gasteiger partial charge on any atom is 0.404 e. The lowest BCUT2D eigenvalue weighted by atomic mass is 10.2. The first-order valence-corrected chi connectivity index (χ1v) is 3.95. The molecule has 0 aliphatic rings. The molecule has 2 N–H and O–H groups in total. The van der Waals surface area contributed by atoms with Gasteiger partial charge in [0.15, 0.2) is 0 Å². The SMILES string of the molecule is NC(=O)O[CH][CH]c1ccccc1Cl. The fourth-order valence-corrected chi connectivity index (χ4v) is 0.983. The quantitative estimate of drug-likeness (QED) is 0.807. The molecule has 0 aromatic heterocycles. The molecule has 0 saturated carbocycles. The van der Waals surface area contributed by atoms with Crippen molar-refractivity contribution < 1.29 is 9.53 Å². The Morgan fingerprint density at radius 3 is 2.77 bits per heavy atom. The van der Waals surface area contributed by atoms with Crippen molar-refractivity contribution in [3.05, 3.63) is 47.9 Å². The van der Waals surface area contributed by atoms with Crippen molar-refractivity contribution in [3.8, 4) is 0 Å². The molecule has 0 atom stereocenters. The summed E-state index contributed by atoms with van der Waals surface area (Å²) in [7, 11) is 0. The van der Waals surface area contributed by atoms with E-state index in [0.717, 1.165) is 5.56 Å². The Balaban J connectivity index is 2.45. The summed E-state index contributed by atoms with van der Waals surface area (Å²) in [6.07, 6.45) is 0.718. The summed E-state index contributed by atoms with van der Waals surface area (Å²) in [5, 5.41) is 0.590. The highest BCUT2D eigenvalue weighted by molar-refractivity contribution is 6.31. The van der Waals surface area contributed by atoms with Crippen molar-refractivity contribution in [1.29, 1.82) is 0 Å². The van der Waals surface area contributed by atoms with E-state index in [1.165, 1.54) is 6.61 Å². The van der Waals surface area contributed by atoms with Crippen LogP contribution in [0.3, 0.4) is 0 Å². The van der Waals surface area contributed by atoms with Crippen LogP contribution < -0.4 is 5.73 Å². The van der Waals surface area contributed by atoms with Gasteiger partial charge in [-0.25, -0.2) is 4.79 Å². The number of primary amides is 1. The number of halogens is 1. The molecule has 1 amide bonds. The average molecular weight is 198 g/mol. The number of carbonyl (C=O) groups is 1. The lowest BCUT2D eigenvalue weighted by Gasteiger charge is -2.01. The second kappa shape index (κ2) is 4.72. The molecule has 4 heteroatoms. The minimum Gasteiger partial charge on any atom is -0.442 e. The zero-order valence-electron chi connectivity index (χ0n) is 6.74. The van der Waals surface area contributed by atoms with Crippen molar-refractivity contribution in [3.63, 3.8) is 0 Å². The molecular weight excluding hydrogens is 190 g/mol. The molecule has 13 heavy (non-hydrogen) atoms. The summed E-state index contributed by atoms with van der Waals surface area (Å²) in [5.74, 6) is 0. The lowest BCUT2D eigenvalue weighted by molar-refractivity contribution is 0.186. The van der Waals surface area contributed by atoms with Gasteiger partial charge >= 0.3 is 6.09 Å². The first-order chi connectivity index (χ1) is 6.20. The summed E-state index contributed by atoms with van der Waals surface area (Å²) >= 11 is 5.82. The molecule has 0 saturated heterocycles. The van der Waals surface area contributed by atoms with E-state index in [-0.39, 0.29) is 0 Å². The first kappa shape index (κ1) is 9.86. The number of hydrogen-bond acceptors (Lipinski definition) is 2. The van der Waals surface area contributed by atoms with Crippen LogP contribution in [0.4, 0.5) is 4.79 Å². The lowest BCUT2D eigenvalue weighted by Crippen LogP contribution is -2.11. The second-order valence-corrected chi connectivity index (χ2v) is 2.67. The molecule has 3 nitrogen and oxygen atoms in total. The Kier molecular flexibility index (Phi) is 3.58. The first-order valence-electron chi connectivity index (χ1n) is 3.57. The third-order valence-electron chi connectivity index (χ3n) is 1.34. The van der Waals surface area contributed by atoms with Gasteiger partial charge in [-0.2, -0.15) is 0 Å². The smallest absolute Gasteiger partial charge is 0.404 e. The van der Waals surface area contributed by atoms with E-state index in [4.69, 9.17) is 17.3 Å². The highest BCUT2D eigenvalue weighted by atomic mass is 35.5. The number of hydrogen-bond donors (Lipinski definition) is 1. The molecule has 0 fully saturated rings. The molecular formula is C9H8ClNO2. The molecule has 68 valence electrons. The molecule has 0 aliphatic heterocycles. The minimum atomic E-state index is -0.844. The maximum atomic E-state index is 10.2. The molecule has 2 radical (unpaired) electrons. The standard InChI is InChI=1S/C9H8ClNO2/c10-8-4-2-1-3-7(8)5-6-13-9(11)12/h1-6H,(H2,11,12). The van der Waals surface area contributed by atoms with E-state index in [1.807, 2.05) is 12.1 Å². The van der Waals surface area contributed by atoms with Crippen molar-refractivity contribution in [2.75, 3.05) is 0 Å². The average Bonchev–Trinajstić information content (AvgIpc) is 2.08. The normalized spacial score (nSPS) is 9.62. The van der Waals surface area contributed by atoms with Gasteiger partial charge in [0, 0.05) is 11.4 Å². The number of amides is 1. The van der Waals surface area contributed by atoms with Crippen LogP contribution in [0.25, 0.3) is 0 Å². The van der Waals surface area contributed by atoms with E-state index < -0.39 is 6.09 Å². The van der Waals surface area contributed by atoms with E-state index in [0.29, 0.717) is 5.02 Å². The third kappa shape index (κ3) is 3.34. The van der Waals surface area contributed by atoms with Gasteiger partial charge in [0.05, 0.1) is 0 Å². The van der Waals surface area contributed by atoms with Crippen LogP contribution in [0.15, 0.2) is 24.3 Å². The highest BCUT2D eigenvalue weighted by Gasteiger charge is 2.01. The molecule has 0 unspecified atom stereocenters. The minimum absolute atomic E-state index is 0.590. The van der Waals surface area contributed by atoms with Gasteiger partial charge in [-0.05, 0) is 11.6 Å². The molecule has 0 aliphatic carbocycles. The number of ether oxygens (including phenoxy) is 1. The van der Waals surface area contributed by atoms with Gasteiger partial charge in [0.25, 0.3) is 0 Å². The predicted molar refractivity (Wildman–Crippen MR) is 49.8 cm³/mol. The van der Waals surface area contributed by atoms with Crippen LogP contribution in [0, 0.1) is 13.0 Å². The molecule has 1 aromatic carbocycles. The van der Waals surface area contributed by atoms with Gasteiger partial charge in [-0.15, -0.1) is 0 Å².